The Balaban J connectivity index is 2.45. The van der Waals surface area contributed by atoms with Crippen molar-refractivity contribution >= 4 is 22.9 Å². The second-order valence-electron chi connectivity index (χ2n) is 3.36. The average Bonchev–Trinajstić information content (AvgIpc) is 2.35. The maximum Gasteiger partial charge on any atom is 0.243 e. The van der Waals surface area contributed by atoms with E-state index in [0.717, 1.165) is 16.5 Å². The van der Waals surface area contributed by atoms with E-state index in [1.165, 1.54) is 6.08 Å². The van der Waals surface area contributed by atoms with Crippen LogP contribution in [0.2, 0.25) is 0 Å². The Morgan fingerprint density at radius 3 is 2.94 bits per heavy atom. The third kappa shape index (κ3) is 2.08. The SMILES string of the molecule is CNC(=O)/C=C/c1ccnc2ccccc12. The molecule has 1 aromatic heterocycles. The highest BCUT2D eigenvalue weighted by Crippen LogP contribution is 2.17. The number of aromatic nitrogens is 1. The van der Waals surface area contributed by atoms with Crippen LogP contribution in [0.25, 0.3) is 17.0 Å². The molecule has 80 valence electrons. The molecule has 0 spiro atoms. The van der Waals surface area contributed by atoms with Crippen molar-refractivity contribution in [2.24, 2.45) is 0 Å². The molecule has 0 aliphatic rings. The first kappa shape index (κ1) is 10.4. The molecule has 16 heavy (non-hydrogen) atoms. The Morgan fingerprint density at radius 2 is 2.12 bits per heavy atom. The van der Waals surface area contributed by atoms with Crippen LogP contribution in [0.5, 0.6) is 0 Å². The lowest BCUT2D eigenvalue weighted by molar-refractivity contribution is -0.115. The molecule has 3 heteroatoms. The molecule has 0 bridgehead atoms. The van der Waals surface area contributed by atoms with Crippen LogP contribution >= 0.6 is 0 Å². The van der Waals surface area contributed by atoms with E-state index in [1.54, 1.807) is 19.3 Å². The van der Waals surface area contributed by atoms with Gasteiger partial charge >= 0.3 is 0 Å². The molecule has 2 rings (SSSR count). The number of fused-ring (bicyclic) bond motifs is 1. The van der Waals surface area contributed by atoms with Gasteiger partial charge in [-0.05, 0) is 23.8 Å². The number of carbonyl (C=O) groups excluding carboxylic acids is 1. The fraction of sp³-hybridized carbons (Fsp3) is 0.0769. The lowest BCUT2D eigenvalue weighted by Gasteiger charge is -2.00. The van der Waals surface area contributed by atoms with Gasteiger partial charge in [0, 0.05) is 24.7 Å². The van der Waals surface area contributed by atoms with E-state index >= 15 is 0 Å². The van der Waals surface area contributed by atoms with Crippen molar-refractivity contribution in [2.45, 2.75) is 0 Å². The first-order chi connectivity index (χ1) is 7.81. The Bertz CT molecular complexity index is 541. The van der Waals surface area contributed by atoms with Gasteiger partial charge in [0.05, 0.1) is 5.52 Å². The van der Waals surface area contributed by atoms with E-state index in [0.29, 0.717) is 0 Å². The van der Waals surface area contributed by atoms with Gasteiger partial charge in [0.2, 0.25) is 5.91 Å². The van der Waals surface area contributed by atoms with Gasteiger partial charge in [-0.15, -0.1) is 0 Å². The normalized spacial score (nSPS) is 10.8. The molecule has 2 aromatic rings. The summed E-state index contributed by atoms with van der Waals surface area (Å²) in [6, 6.07) is 9.74. The highest BCUT2D eigenvalue weighted by atomic mass is 16.1. The van der Waals surface area contributed by atoms with Crippen molar-refractivity contribution in [1.29, 1.82) is 0 Å². The largest absolute Gasteiger partial charge is 0.356 e. The Hall–Kier alpha value is -2.16. The first-order valence-corrected chi connectivity index (χ1v) is 5.05. The molecule has 0 saturated carbocycles. The second kappa shape index (κ2) is 4.57. The second-order valence-corrected chi connectivity index (χ2v) is 3.36. The summed E-state index contributed by atoms with van der Waals surface area (Å²) in [6.45, 7) is 0. The van der Waals surface area contributed by atoms with Crippen LogP contribution < -0.4 is 5.32 Å². The molecule has 0 aliphatic heterocycles. The van der Waals surface area contributed by atoms with Gasteiger partial charge in [0.15, 0.2) is 0 Å². The van der Waals surface area contributed by atoms with Crippen LogP contribution in [0.3, 0.4) is 0 Å². The minimum Gasteiger partial charge on any atom is -0.356 e. The Labute approximate surface area is 93.8 Å². The molecule has 1 aromatic carbocycles. The van der Waals surface area contributed by atoms with E-state index in [4.69, 9.17) is 0 Å². The van der Waals surface area contributed by atoms with E-state index in [2.05, 4.69) is 10.3 Å². The lowest BCUT2D eigenvalue weighted by atomic mass is 10.1. The highest BCUT2D eigenvalue weighted by molar-refractivity contribution is 5.95. The van der Waals surface area contributed by atoms with E-state index in [-0.39, 0.29) is 5.91 Å². The molecule has 0 fully saturated rings. The average molecular weight is 212 g/mol. The first-order valence-electron chi connectivity index (χ1n) is 5.05. The van der Waals surface area contributed by atoms with Gasteiger partial charge in [-0.2, -0.15) is 0 Å². The van der Waals surface area contributed by atoms with Crippen molar-refractivity contribution in [3.63, 3.8) is 0 Å². The number of pyridine rings is 1. The van der Waals surface area contributed by atoms with Crippen LogP contribution in [0.1, 0.15) is 5.56 Å². The van der Waals surface area contributed by atoms with E-state index < -0.39 is 0 Å². The number of hydrogen-bond donors (Lipinski definition) is 1. The topological polar surface area (TPSA) is 42.0 Å². The summed E-state index contributed by atoms with van der Waals surface area (Å²) in [5.41, 5.74) is 1.93. The summed E-state index contributed by atoms with van der Waals surface area (Å²) in [4.78, 5) is 15.4. The summed E-state index contributed by atoms with van der Waals surface area (Å²) in [5.74, 6) is -0.110. The van der Waals surface area contributed by atoms with Crippen LogP contribution in [0.4, 0.5) is 0 Å². The number of hydrogen-bond acceptors (Lipinski definition) is 2. The number of nitrogens with one attached hydrogen (secondary N) is 1. The molecule has 0 radical (unpaired) electrons. The molecule has 1 N–H and O–H groups in total. The molecule has 3 nitrogen and oxygen atoms in total. The van der Waals surface area contributed by atoms with Gasteiger partial charge in [-0.25, -0.2) is 0 Å². The van der Waals surface area contributed by atoms with Crippen LogP contribution in [-0.4, -0.2) is 17.9 Å². The maximum absolute atomic E-state index is 11.1. The number of carbonyl (C=O) groups is 1. The molecule has 0 unspecified atom stereocenters. The molecule has 1 heterocycles. The van der Waals surface area contributed by atoms with Crippen molar-refractivity contribution in [1.82, 2.24) is 10.3 Å². The number of benzene rings is 1. The van der Waals surface area contributed by atoms with Crippen LogP contribution in [-0.2, 0) is 4.79 Å². The van der Waals surface area contributed by atoms with Crippen molar-refractivity contribution in [3.8, 4) is 0 Å². The maximum atomic E-state index is 11.1. The minimum atomic E-state index is -0.110. The van der Waals surface area contributed by atoms with Crippen molar-refractivity contribution < 1.29 is 4.79 Å². The van der Waals surface area contributed by atoms with Gasteiger partial charge < -0.3 is 5.32 Å². The van der Waals surface area contributed by atoms with Crippen LogP contribution in [0.15, 0.2) is 42.6 Å². The van der Waals surface area contributed by atoms with Crippen LogP contribution in [0, 0.1) is 0 Å². The number of nitrogens with zero attached hydrogens (tertiary/aromatic N) is 1. The quantitative estimate of drug-likeness (QED) is 0.773. The summed E-state index contributed by atoms with van der Waals surface area (Å²) < 4.78 is 0. The number of amides is 1. The lowest BCUT2D eigenvalue weighted by Crippen LogP contribution is -2.13. The molecular weight excluding hydrogens is 200 g/mol. The highest BCUT2D eigenvalue weighted by Gasteiger charge is 1.98. The van der Waals surface area contributed by atoms with Gasteiger partial charge in [-0.3, -0.25) is 9.78 Å². The Kier molecular flexibility index (Phi) is 2.96. The Morgan fingerprint density at radius 1 is 1.31 bits per heavy atom. The molecule has 1 amide bonds. The summed E-state index contributed by atoms with van der Waals surface area (Å²) in [6.07, 6.45) is 5.05. The number of rotatable bonds is 2. The number of likely N-dealkylation sites (N-methyl/N-ethyl adjacent to an activating group) is 1. The molecular formula is C13H12N2O. The van der Waals surface area contributed by atoms with E-state index in [9.17, 15) is 4.79 Å². The predicted molar refractivity (Wildman–Crippen MR) is 64.8 cm³/mol. The molecule has 0 atom stereocenters. The molecule has 0 saturated heterocycles. The monoisotopic (exact) mass is 212 g/mol. The van der Waals surface area contributed by atoms with Gasteiger partial charge in [-0.1, -0.05) is 18.2 Å². The van der Waals surface area contributed by atoms with Crippen molar-refractivity contribution in [3.05, 3.63) is 48.2 Å². The van der Waals surface area contributed by atoms with E-state index in [1.807, 2.05) is 30.3 Å². The third-order valence-electron chi connectivity index (χ3n) is 2.34. The zero-order valence-electron chi connectivity index (χ0n) is 8.97. The summed E-state index contributed by atoms with van der Waals surface area (Å²) in [7, 11) is 1.61. The predicted octanol–water partition coefficient (Wildman–Crippen LogP) is 1.99. The smallest absolute Gasteiger partial charge is 0.243 e. The zero-order valence-corrected chi connectivity index (χ0v) is 8.97. The minimum absolute atomic E-state index is 0.110. The summed E-state index contributed by atoms with van der Waals surface area (Å²) in [5, 5.41) is 3.59. The fourth-order valence-electron chi connectivity index (χ4n) is 1.51. The number of para-hydroxylation sites is 1. The third-order valence-corrected chi connectivity index (χ3v) is 2.34. The standard InChI is InChI=1S/C13H12N2O/c1-14-13(16)7-6-10-8-9-15-12-5-3-2-4-11(10)12/h2-9H,1H3,(H,14,16)/b7-6+. The fourth-order valence-corrected chi connectivity index (χ4v) is 1.51. The zero-order chi connectivity index (χ0) is 11.4. The molecule has 0 aliphatic carbocycles. The summed E-state index contributed by atoms with van der Waals surface area (Å²) >= 11 is 0. The van der Waals surface area contributed by atoms with Gasteiger partial charge in [0.1, 0.15) is 0 Å². The van der Waals surface area contributed by atoms with Crippen molar-refractivity contribution in [2.75, 3.05) is 7.05 Å². The van der Waals surface area contributed by atoms with Gasteiger partial charge in [0.25, 0.3) is 0 Å².